The molecule has 4 aliphatic carbocycles. The number of likely N-dealkylation sites (N-methyl/N-ethyl adjacent to an activating group) is 1. The van der Waals surface area contributed by atoms with Gasteiger partial charge in [-0.25, -0.2) is 0 Å². The van der Waals surface area contributed by atoms with Crippen LogP contribution in [0.2, 0.25) is 0 Å². The lowest BCUT2D eigenvalue weighted by Gasteiger charge is -2.50. The van der Waals surface area contributed by atoms with E-state index in [9.17, 15) is 34.8 Å². The fourth-order valence-corrected chi connectivity index (χ4v) is 8.07. The van der Waals surface area contributed by atoms with Crippen LogP contribution in [0, 0.1) is 17.3 Å². The number of aliphatic hydroxyl groups is 3. The van der Waals surface area contributed by atoms with Gasteiger partial charge in [-0.15, -0.1) is 0 Å². The Labute approximate surface area is 245 Å². The molecule has 0 radical (unpaired) electrons. The van der Waals surface area contributed by atoms with E-state index in [0.29, 0.717) is 29.5 Å². The van der Waals surface area contributed by atoms with Crippen molar-refractivity contribution >= 4 is 28.8 Å². The number of benzene rings is 1. The van der Waals surface area contributed by atoms with E-state index in [1.807, 2.05) is 25.1 Å². The molecule has 0 bridgehead atoms. The number of nitrogens with zero attached hydrogens (tertiary/aromatic N) is 3. The number of hydrogen-bond donors (Lipinski definition) is 4. The van der Waals surface area contributed by atoms with Crippen LogP contribution in [0.25, 0.3) is 5.76 Å². The van der Waals surface area contributed by atoms with E-state index in [0.717, 1.165) is 38.5 Å². The number of phenols is 1. The first-order chi connectivity index (χ1) is 19.7. The maximum Gasteiger partial charge on any atom is 0.202 e. The van der Waals surface area contributed by atoms with Crippen molar-refractivity contribution in [1.82, 2.24) is 9.80 Å². The monoisotopic (exact) mass is 579 g/mol. The van der Waals surface area contributed by atoms with Crippen molar-refractivity contribution in [3.63, 3.8) is 0 Å². The zero-order valence-electron chi connectivity index (χ0n) is 25.0. The quantitative estimate of drug-likeness (QED) is 0.385. The van der Waals surface area contributed by atoms with E-state index in [1.54, 1.807) is 19.0 Å². The predicted octanol–water partition coefficient (Wildman–Crippen LogP) is 2.51. The van der Waals surface area contributed by atoms with E-state index < -0.39 is 57.9 Å². The molecule has 6 rings (SSSR count). The molecule has 10 heteroatoms. The van der Waals surface area contributed by atoms with Crippen LogP contribution in [0.15, 0.2) is 23.0 Å². The Morgan fingerprint density at radius 1 is 1.05 bits per heavy atom. The van der Waals surface area contributed by atoms with E-state index in [2.05, 4.69) is 4.90 Å². The SMILES string of the molecule is CC(=O)C1=C(O)[C@@]2(O)C(=O)C3=C(O)c4c(O)c(CN5CCC6(CC5)CC6)cc(N(C)C)c4C[C@H]3C[C@H]2[C@H](N(C)C)C1=O. The fraction of sp³-hybridized carbons (Fsp3) is 0.594. The summed E-state index contributed by atoms with van der Waals surface area (Å²) in [4.78, 5) is 45.8. The number of carbonyl (C=O) groups is 3. The molecular weight excluding hydrogens is 538 g/mol. The third-order valence-electron chi connectivity index (χ3n) is 10.6. The van der Waals surface area contributed by atoms with Crippen LogP contribution in [-0.4, -0.2) is 100 Å². The first-order valence-electron chi connectivity index (χ1n) is 14.8. The summed E-state index contributed by atoms with van der Waals surface area (Å²) < 4.78 is 0. The topological polar surface area (TPSA) is 142 Å². The second-order valence-electron chi connectivity index (χ2n) is 13.6. The lowest BCUT2D eigenvalue weighted by atomic mass is 9.57. The van der Waals surface area contributed by atoms with Gasteiger partial charge in [0, 0.05) is 43.4 Å². The summed E-state index contributed by atoms with van der Waals surface area (Å²) in [7, 11) is 7.04. The van der Waals surface area contributed by atoms with E-state index in [4.69, 9.17) is 0 Å². The van der Waals surface area contributed by atoms with E-state index in [-0.39, 0.29) is 23.3 Å². The lowest BCUT2D eigenvalue weighted by Crippen LogP contribution is -2.65. The van der Waals surface area contributed by atoms with Gasteiger partial charge in [0.1, 0.15) is 22.8 Å². The number of hydrogen-bond acceptors (Lipinski definition) is 10. The molecule has 0 unspecified atom stereocenters. The van der Waals surface area contributed by atoms with Crippen LogP contribution in [0.5, 0.6) is 5.75 Å². The van der Waals surface area contributed by atoms with Gasteiger partial charge in [0.05, 0.1) is 11.6 Å². The van der Waals surface area contributed by atoms with Crippen molar-refractivity contribution in [3.05, 3.63) is 39.7 Å². The number of fused-ring (bicyclic) bond motifs is 3. The van der Waals surface area contributed by atoms with E-state index >= 15 is 0 Å². The molecule has 1 saturated heterocycles. The van der Waals surface area contributed by atoms with Gasteiger partial charge in [-0.2, -0.15) is 0 Å². The Kier molecular flexibility index (Phi) is 6.64. The molecule has 10 nitrogen and oxygen atoms in total. The molecule has 0 aromatic heterocycles. The first kappa shape index (κ1) is 28.9. The number of aromatic hydroxyl groups is 1. The van der Waals surface area contributed by atoms with Gasteiger partial charge in [-0.05, 0) is 95.6 Å². The van der Waals surface area contributed by atoms with Gasteiger partial charge in [-0.3, -0.25) is 24.2 Å². The van der Waals surface area contributed by atoms with Gasteiger partial charge < -0.3 is 25.3 Å². The summed E-state index contributed by atoms with van der Waals surface area (Å²) in [6, 6.07) is 0.928. The highest BCUT2D eigenvalue weighted by atomic mass is 16.3. The maximum atomic E-state index is 14.2. The molecule has 1 spiro atoms. The van der Waals surface area contributed by atoms with Gasteiger partial charge in [-0.1, -0.05) is 0 Å². The number of rotatable bonds is 5. The lowest BCUT2D eigenvalue weighted by molar-refractivity contribution is -0.153. The number of Topliss-reactive ketones (excluding diaryl/α,β-unsaturated/α-hetero) is 3. The average Bonchev–Trinajstić information content (AvgIpc) is 3.67. The minimum atomic E-state index is -2.56. The van der Waals surface area contributed by atoms with Crippen LogP contribution >= 0.6 is 0 Å². The Hall–Kier alpha value is -3.21. The molecule has 0 amide bonds. The van der Waals surface area contributed by atoms with Gasteiger partial charge >= 0.3 is 0 Å². The van der Waals surface area contributed by atoms with Crippen LogP contribution in [-0.2, 0) is 27.3 Å². The Bertz CT molecular complexity index is 1460. The first-order valence-corrected chi connectivity index (χ1v) is 14.8. The summed E-state index contributed by atoms with van der Waals surface area (Å²) >= 11 is 0. The summed E-state index contributed by atoms with van der Waals surface area (Å²) in [6.45, 7) is 3.48. The van der Waals surface area contributed by atoms with Crippen molar-refractivity contribution in [1.29, 1.82) is 0 Å². The van der Waals surface area contributed by atoms with Crippen molar-refractivity contribution in [2.24, 2.45) is 17.3 Å². The Morgan fingerprint density at radius 2 is 1.69 bits per heavy atom. The second kappa shape index (κ2) is 9.65. The number of phenolic OH excluding ortho intramolecular Hbond substituents is 1. The standard InChI is InChI=1S/C32H41N3O7/c1-16(36)22-28(39)25(34(4)5)20-13-17-12-19-21(33(2)3)14-18(15-35-10-8-31(6-7-31)9-11-35)26(37)24(19)27(38)23(17)30(41)32(20,42)29(22)40/h14,17,20,25,37-38,40,42H,6-13,15H2,1-5H3/t17-,20-,25-,32+/m0/s1. The highest BCUT2D eigenvalue weighted by Crippen LogP contribution is 2.55. The van der Waals surface area contributed by atoms with Crippen molar-refractivity contribution in [3.8, 4) is 5.75 Å². The van der Waals surface area contributed by atoms with Crippen LogP contribution in [0.3, 0.4) is 0 Å². The molecule has 42 heavy (non-hydrogen) atoms. The number of carbonyl (C=O) groups excluding carboxylic acids is 3. The number of anilines is 1. The molecule has 226 valence electrons. The maximum absolute atomic E-state index is 14.2. The third kappa shape index (κ3) is 4.06. The highest BCUT2D eigenvalue weighted by molar-refractivity contribution is 6.25. The molecule has 3 fully saturated rings. The summed E-state index contributed by atoms with van der Waals surface area (Å²) in [5.74, 6) is -5.41. The predicted molar refractivity (Wildman–Crippen MR) is 156 cm³/mol. The van der Waals surface area contributed by atoms with Gasteiger partial charge in [0.25, 0.3) is 0 Å². The zero-order valence-corrected chi connectivity index (χ0v) is 25.0. The molecule has 2 saturated carbocycles. The largest absolute Gasteiger partial charge is 0.508 e. The van der Waals surface area contributed by atoms with Crippen molar-refractivity contribution in [2.45, 2.75) is 63.6 Å². The molecule has 4 atom stereocenters. The van der Waals surface area contributed by atoms with Crippen LogP contribution in [0.4, 0.5) is 5.69 Å². The van der Waals surface area contributed by atoms with Crippen molar-refractivity contribution < 1.29 is 34.8 Å². The molecular formula is C32H41N3O7. The van der Waals surface area contributed by atoms with Crippen molar-refractivity contribution in [2.75, 3.05) is 46.2 Å². The fourth-order valence-electron chi connectivity index (χ4n) is 8.07. The number of aliphatic hydroxyl groups excluding tert-OH is 2. The summed E-state index contributed by atoms with van der Waals surface area (Å²) in [5, 5.41) is 46.3. The molecule has 5 aliphatic rings. The Balaban J connectivity index is 1.46. The minimum absolute atomic E-state index is 0.0895. The number of ketones is 3. The molecule has 4 N–H and O–H groups in total. The smallest absolute Gasteiger partial charge is 0.202 e. The zero-order chi connectivity index (χ0) is 30.5. The summed E-state index contributed by atoms with van der Waals surface area (Å²) in [5.41, 5.74) is -0.416. The van der Waals surface area contributed by atoms with E-state index in [1.165, 1.54) is 12.8 Å². The molecule has 1 aromatic carbocycles. The van der Waals surface area contributed by atoms with Gasteiger partial charge in [0.2, 0.25) is 5.78 Å². The van der Waals surface area contributed by atoms with Crippen LogP contribution in [0.1, 0.15) is 55.7 Å². The number of piperidine rings is 1. The highest BCUT2D eigenvalue weighted by Gasteiger charge is 2.64. The third-order valence-corrected chi connectivity index (χ3v) is 10.6. The van der Waals surface area contributed by atoms with Crippen LogP contribution < -0.4 is 4.90 Å². The molecule has 1 aromatic rings. The van der Waals surface area contributed by atoms with Gasteiger partial charge in [0.15, 0.2) is 17.2 Å². The minimum Gasteiger partial charge on any atom is -0.508 e. The number of likely N-dealkylation sites (tertiary alicyclic amines) is 1. The average molecular weight is 580 g/mol. The second-order valence-corrected chi connectivity index (χ2v) is 13.6. The summed E-state index contributed by atoms with van der Waals surface area (Å²) in [6.07, 6.45) is 5.26. The molecule has 1 heterocycles. The molecule has 1 aliphatic heterocycles. The normalized spacial score (nSPS) is 30.4. The Morgan fingerprint density at radius 3 is 2.24 bits per heavy atom.